The largest absolute Gasteiger partial charge is 0.325 e. The summed E-state index contributed by atoms with van der Waals surface area (Å²) in [7, 11) is 0. The van der Waals surface area contributed by atoms with Gasteiger partial charge in [0.25, 0.3) is 5.91 Å². The number of aromatic nitrogens is 3. The molecule has 1 saturated heterocycles. The van der Waals surface area contributed by atoms with Crippen LogP contribution >= 0.6 is 0 Å². The second kappa shape index (κ2) is 9.91. The summed E-state index contributed by atoms with van der Waals surface area (Å²) in [6.07, 6.45) is 8.06. The molecule has 4 rings (SSSR count). The van der Waals surface area contributed by atoms with E-state index in [-0.39, 0.29) is 18.1 Å². The van der Waals surface area contributed by atoms with E-state index >= 15 is 0 Å². The lowest BCUT2D eigenvalue weighted by Gasteiger charge is -2.32. The maximum atomic E-state index is 14.4. The summed E-state index contributed by atoms with van der Waals surface area (Å²) in [5.41, 5.74) is 2.10. The fourth-order valence-electron chi connectivity index (χ4n) is 4.04. The highest BCUT2D eigenvalue weighted by Gasteiger charge is 2.21. The number of anilines is 2. The van der Waals surface area contributed by atoms with Gasteiger partial charge >= 0.3 is 0 Å². The maximum Gasteiger partial charge on any atom is 0.259 e. The minimum Gasteiger partial charge on any atom is -0.325 e. The molecule has 2 amide bonds. The minimum atomic E-state index is -0.592. The molecule has 0 radical (unpaired) electrons. The molecule has 1 aliphatic rings. The molecule has 2 aromatic heterocycles. The topological polar surface area (TPSA) is 92.2 Å². The summed E-state index contributed by atoms with van der Waals surface area (Å²) >= 11 is 0. The number of piperidine rings is 1. The van der Waals surface area contributed by atoms with E-state index in [2.05, 4.69) is 32.5 Å². The summed E-state index contributed by atoms with van der Waals surface area (Å²) < 4.78 is 16.0. The molecule has 8 nitrogen and oxygen atoms in total. The van der Waals surface area contributed by atoms with Gasteiger partial charge in [0.1, 0.15) is 5.82 Å². The van der Waals surface area contributed by atoms with Gasteiger partial charge in [0.15, 0.2) is 0 Å². The summed E-state index contributed by atoms with van der Waals surface area (Å²) in [6, 6.07) is 8.05. The molecule has 1 aliphatic heterocycles. The van der Waals surface area contributed by atoms with Crippen molar-refractivity contribution >= 4 is 23.2 Å². The third kappa shape index (κ3) is 5.25. The first-order valence-corrected chi connectivity index (χ1v) is 11.0. The standard InChI is InChI=1S/C24H27FN6O2/c1-16-5-3-4-12-30(16)15-23(32)28-18-6-7-21(25)22(13-18)29-24(33)20-14-27-31(17(20)2)19-8-10-26-11-9-19/h6-11,13-14,16H,3-5,12,15H2,1-2H3,(H,28,32)(H,29,33). The number of carbonyl (C=O) groups excluding carboxylic acids is 2. The van der Waals surface area contributed by atoms with Crippen LogP contribution in [0, 0.1) is 12.7 Å². The highest BCUT2D eigenvalue weighted by molar-refractivity contribution is 6.05. The Bertz CT molecular complexity index is 1150. The normalized spacial score (nSPS) is 16.4. The maximum absolute atomic E-state index is 14.4. The Kier molecular flexibility index (Phi) is 6.79. The van der Waals surface area contributed by atoms with Gasteiger partial charge in [-0.1, -0.05) is 6.42 Å². The number of hydrogen-bond donors (Lipinski definition) is 2. The zero-order valence-corrected chi connectivity index (χ0v) is 18.7. The molecule has 9 heteroatoms. The summed E-state index contributed by atoms with van der Waals surface area (Å²) in [6.45, 7) is 5.06. The van der Waals surface area contributed by atoms with E-state index in [1.807, 2.05) is 0 Å². The zero-order valence-electron chi connectivity index (χ0n) is 18.7. The number of benzene rings is 1. The summed E-state index contributed by atoms with van der Waals surface area (Å²) in [4.78, 5) is 31.5. The van der Waals surface area contributed by atoms with Crippen LogP contribution in [0.3, 0.4) is 0 Å². The molecule has 1 unspecified atom stereocenters. The van der Waals surface area contributed by atoms with Crippen molar-refractivity contribution in [3.8, 4) is 5.69 Å². The number of hydrogen-bond acceptors (Lipinski definition) is 5. The van der Waals surface area contributed by atoms with Gasteiger partial charge in [-0.3, -0.25) is 19.5 Å². The van der Waals surface area contributed by atoms with Crippen LogP contribution in [0.15, 0.2) is 48.9 Å². The molecule has 3 aromatic rings. The van der Waals surface area contributed by atoms with E-state index in [1.165, 1.54) is 30.8 Å². The van der Waals surface area contributed by atoms with Crippen LogP contribution in [0.4, 0.5) is 15.8 Å². The first-order valence-electron chi connectivity index (χ1n) is 11.0. The highest BCUT2D eigenvalue weighted by atomic mass is 19.1. The Morgan fingerprint density at radius 1 is 1.15 bits per heavy atom. The average molecular weight is 451 g/mol. The van der Waals surface area contributed by atoms with Crippen LogP contribution in [0.25, 0.3) is 5.69 Å². The third-order valence-electron chi connectivity index (χ3n) is 5.95. The molecule has 3 heterocycles. The van der Waals surface area contributed by atoms with E-state index in [9.17, 15) is 14.0 Å². The minimum absolute atomic E-state index is 0.0137. The zero-order chi connectivity index (χ0) is 23.4. The van der Waals surface area contributed by atoms with Crippen LogP contribution < -0.4 is 10.6 Å². The van der Waals surface area contributed by atoms with Crippen molar-refractivity contribution in [2.75, 3.05) is 23.7 Å². The fraction of sp³-hybridized carbons (Fsp3) is 0.333. The number of nitrogens with zero attached hydrogens (tertiary/aromatic N) is 4. The Hall–Kier alpha value is -3.59. The molecule has 172 valence electrons. The molecule has 0 aliphatic carbocycles. The Labute approximate surface area is 191 Å². The molecule has 2 N–H and O–H groups in total. The smallest absolute Gasteiger partial charge is 0.259 e. The lowest BCUT2D eigenvalue weighted by Crippen LogP contribution is -2.42. The van der Waals surface area contributed by atoms with Crippen molar-refractivity contribution in [1.29, 1.82) is 0 Å². The number of halogens is 1. The Morgan fingerprint density at radius 2 is 1.94 bits per heavy atom. The third-order valence-corrected chi connectivity index (χ3v) is 5.95. The number of rotatable bonds is 6. The monoisotopic (exact) mass is 450 g/mol. The van der Waals surface area contributed by atoms with Crippen molar-refractivity contribution in [3.05, 3.63) is 66.0 Å². The van der Waals surface area contributed by atoms with E-state index in [0.717, 1.165) is 25.1 Å². The molecule has 1 fully saturated rings. The van der Waals surface area contributed by atoms with Crippen LogP contribution in [0.1, 0.15) is 42.2 Å². The Balaban J connectivity index is 1.44. The van der Waals surface area contributed by atoms with Crippen molar-refractivity contribution < 1.29 is 14.0 Å². The van der Waals surface area contributed by atoms with Crippen LogP contribution in [0.2, 0.25) is 0 Å². The Morgan fingerprint density at radius 3 is 2.70 bits per heavy atom. The van der Waals surface area contributed by atoms with Gasteiger partial charge in [0.2, 0.25) is 5.91 Å². The molecule has 0 saturated carbocycles. The first-order chi connectivity index (χ1) is 15.9. The van der Waals surface area contributed by atoms with Gasteiger partial charge in [0.05, 0.1) is 35.4 Å². The molecule has 0 bridgehead atoms. The van der Waals surface area contributed by atoms with Gasteiger partial charge in [-0.2, -0.15) is 5.10 Å². The number of pyridine rings is 1. The van der Waals surface area contributed by atoms with E-state index in [4.69, 9.17) is 0 Å². The van der Waals surface area contributed by atoms with E-state index in [0.29, 0.717) is 23.0 Å². The first kappa shape index (κ1) is 22.6. The second-order valence-corrected chi connectivity index (χ2v) is 8.27. The van der Waals surface area contributed by atoms with Crippen molar-refractivity contribution in [2.45, 2.75) is 39.2 Å². The van der Waals surface area contributed by atoms with Crippen LogP contribution in [-0.2, 0) is 4.79 Å². The predicted molar refractivity (Wildman–Crippen MR) is 124 cm³/mol. The van der Waals surface area contributed by atoms with E-state index in [1.54, 1.807) is 36.1 Å². The SMILES string of the molecule is Cc1c(C(=O)Nc2cc(NC(=O)CN3CCCCC3C)ccc2F)cnn1-c1ccncc1. The molecule has 1 aromatic carbocycles. The molecule has 0 spiro atoms. The van der Waals surface area contributed by atoms with Gasteiger partial charge < -0.3 is 10.6 Å². The highest BCUT2D eigenvalue weighted by Crippen LogP contribution is 2.22. The number of likely N-dealkylation sites (tertiary alicyclic amines) is 1. The van der Waals surface area contributed by atoms with E-state index < -0.39 is 11.7 Å². The van der Waals surface area contributed by atoms with Gasteiger partial charge in [-0.25, -0.2) is 9.07 Å². The second-order valence-electron chi connectivity index (χ2n) is 8.27. The number of amides is 2. The summed E-state index contributed by atoms with van der Waals surface area (Å²) in [5, 5.41) is 9.66. The van der Waals surface area contributed by atoms with Crippen LogP contribution in [-0.4, -0.2) is 50.6 Å². The quantitative estimate of drug-likeness (QED) is 0.596. The lowest BCUT2D eigenvalue weighted by molar-refractivity contribution is -0.118. The lowest BCUT2D eigenvalue weighted by atomic mass is 10.0. The molecule has 1 atom stereocenters. The van der Waals surface area contributed by atoms with Crippen molar-refractivity contribution in [2.24, 2.45) is 0 Å². The van der Waals surface area contributed by atoms with Gasteiger partial charge in [-0.15, -0.1) is 0 Å². The van der Waals surface area contributed by atoms with Crippen molar-refractivity contribution in [1.82, 2.24) is 19.7 Å². The van der Waals surface area contributed by atoms with Crippen molar-refractivity contribution in [3.63, 3.8) is 0 Å². The number of nitrogens with one attached hydrogen (secondary N) is 2. The average Bonchev–Trinajstić information content (AvgIpc) is 3.19. The molecular weight excluding hydrogens is 423 g/mol. The number of carbonyl (C=O) groups is 2. The molecular formula is C24H27FN6O2. The molecule has 33 heavy (non-hydrogen) atoms. The van der Waals surface area contributed by atoms with Gasteiger partial charge in [-0.05, 0) is 63.6 Å². The van der Waals surface area contributed by atoms with Gasteiger partial charge in [0, 0.05) is 24.1 Å². The predicted octanol–water partition coefficient (Wildman–Crippen LogP) is 3.78. The fourth-order valence-corrected chi connectivity index (χ4v) is 4.04. The van der Waals surface area contributed by atoms with Crippen LogP contribution in [0.5, 0.6) is 0 Å². The summed E-state index contributed by atoms with van der Waals surface area (Å²) in [5.74, 6) is -1.25.